The van der Waals surface area contributed by atoms with Gasteiger partial charge in [0.25, 0.3) is 0 Å². The van der Waals surface area contributed by atoms with Crippen LogP contribution in [0, 0.1) is 0 Å². The summed E-state index contributed by atoms with van der Waals surface area (Å²) in [5.41, 5.74) is 6.01. The average Bonchev–Trinajstić information content (AvgIpc) is 3.06. The lowest BCUT2D eigenvalue weighted by molar-refractivity contribution is -0.131. The van der Waals surface area contributed by atoms with E-state index < -0.39 is 0 Å². The van der Waals surface area contributed by atoms with Crippen LogP contribution in [0.1, 0.15) is 38.5 Å². The Bertz CT molecular complexity index is 369. The van der Waals surface area contributed by atoms with Gasteiger partial charge in [-0.15, -0.1) is 0 Å². The van der Waals surface area contributed by atoms with Crippen molar-refractivity contribution in [3.63, 3.8) is 0 Å². The van der Waals surface area contributed by atoms with E-state index in [9.17, 15) is 4.79 Å². The molecule has 0 saturated carbocycles. The van der Waals surface area contributed by atoms with Crippen molar-refractivity contribution in [2.24, 2.45) is 5.73 Å². The molecule has 5 nitrogen and oxygen atoms in total. The van der Waals surface area contributed by atoms with E-state index in [4.69, 9.17) is 5.73 Å². The minimum atomic E-state index is 0.228. The normalized spacial score (nSPS) is 32.4. The second kappa shape index (κ2) is 6.63. The summed E-state index contributed by atoms with van der Waals surface area (Å²) in [7, 11) is 2.26. The SMILES string of the molecule is CN1C2CCC1CN(C(CN)CC(=O)N1CCCC1)CC2. The van der Waals surface area contributed by atoms with Crippen LogP contribution < -0.4 is 5.73 Å². The summed E-state index contributed by atoms with van der Waals surface area (Å²) in [5.74, 6) is 0.311. The number of nitrogens with zero attached hydrogens (tertiary/aromatic N) is 3. The molecule has 0 aromatic rings. The number of fused-ring (bicyclic) bond motifs is 2. The van der Waals surface area contributed by atoms with Crippen LogP contribution in [0.5, 0.6) is 0 Å². The summed E-state index contributed by atoms with van der Waals surface area (Å²) < 4.78 is 0. The lowest BCUT2D eigenvalue weighted by Gasteiger charge is -2.33. The van der Waals surface area contributed by atoms with Crippen molar-refractivity contribution in [3.8, 4) is 0 Å². The van der Waals surface area contributed by atoms with Gasteiger partial charge in [-0.2, -0.15) is 0 Å². The van der Waals surface area contributed by atoms with Gasteiger partial charge in [0, 0.05) is 57.3 Å². The molecule has 3 fully saturated rings. The number of hydrogen-bond donors (Lipinski definition) is 1. The Morgan fingerprint density at radius 1 is 1.14 bits per heavy atom. The zero-order chi connectivity index (χ0) is 14.8. The fourth-order valence-electron chi connectivity index (χ4n) is 4.33. The maximum absolute atomic E-state index is 12.4. The van der Waals surface area contributed by atoms with Crippen molar-refractivity contribution in [2.75, 3.05) is 39.8 Å². The highest BCUT2D eigenvalue weighted by atomic mass is 16.2. The number of nitrogens with two attached hydrogens (primary N) is 1. The van der Waals surface area contributed by atoms with Crippen LogP contribution in [0.4, 0.5) is 0 Å². The van der Waals surface area contributed by atoms with Crippen molar-refractivity contribution >= 4 is 5.91 Å². The summed E-state index contributed by atoms with van der Waals surface area (Å²) in [6.45, 7) is 4.68. The molecule has 3 aliphatic heterocycles. The van der Waals surface area contributed by atoms with Crippen molar-refractivity contribution in [2.45, 2.75) is 56.7 Å². The number of hydrogen-bond acceptors (Lipinski definition) is 4. The van der Waals surface area contributed by atoms with Crippen molar-refractivity contribution in [1.29, 1.82) is 0 Å². The Labute approximate surface area is 128 Å². The molecule has 1 amide bonds. The third kappa shape index (κ3) is 3.25. The molecule has 3 saturated heterocycles. The molecule has 3 aliphatic rings. The largest absolute Gasteiger partial charge is 0.343 e. The molecule has 3 unspecified atom stereocenters. The van der Waals surface area contributed by atoms with Gasteiger partial charge in [0.2, 0.25) is 5.91 Å². The van der Waals surface area contributed by atoms with Gasteiger partial charge in [-0.25, -0.2) is 0 Å². The number of carbonyl (C=O) groups excluding carboxylic acids is 1. The van der Waals surface area contributed by atoms with Crippen LogP contribution in [-0.4, -0.2) is 78.5 Å². The Kier molecular flexibility index (Phi) is 4.82. The predicted octanol–water partition coefficient (Wildman–Crippen LogP) is 0.495. The smallest absolute Gasteiger partial charge is 0.224 e. The van der Waals surface area contributed by atoms with Gasteiger partial charge in [0.1, 0.15) is 0 Å². The van der Waals surface area contributed by atoms with Crippen molar-refractivity contribution in [3.05, 3.63) is 0 Å². The summed E-state index contributed by atoms with van der Waals surface area (Å²) in [6, 6.07) is 1.63. The molecule has 5 heteroatoms. The van der Waals surface area contributed by atoms with Crippen molar-refractivity contribution in [1.82, 2.24) is 14.7 Å². The third-order valence-corrected chi connectivity index (χ3v) is 5.84. The fourth-order valence-corrected chi connectivity index (χ4v) is 4.33. The quantitative estimate of drug-likeness (QED) is 0.820. The van der Waals surface area contributed by atoms with Gasteiger partial charge >= 0.3 is 0 Å². The van der Waals surface area contributed by atoms with E-state index in [1.807, 2.05) is 4.90 Å². The van der Waals surface area contributed by atoms with Gasteiger partial charge in [-0.3, -0.25) is 14.6 Å². The Hall–Kier alpha value is -0.650. The van der Waals surface area contributed by atoms with E-state index in [0.29, 0.717) is 24.9 Å². The van der Waals surface area contributed by atoms with E-state index in [-0.39, 0.29) is 6.04 Å². The first kappa shape index (κ1) is 15.3. The molecule has 3 heterocycles. The number of rotatable bonds is 4. The topological polar surface area (TPSA) is 52.8 Å². The zero-order valence-electron chi connectivity index (χ0n) is 13.3. The first-order valence-corrected chi connectivity index (χ1v) is 8.63. The monoisotopic (exact) mass is 294 g/mol. The maximum Gasteiger partial charge on any atom is 0.224 e. The van der Waals surface area contributed by atoms with Crippen LogP contribution >= 0.6 is 0 Å². The second-order valence-electron chi connectivity index (χ2n) is 7.02. The van der Waals surface area contributed by atoms with Crippen LogP contribution in [0.25, 0.3) is 0 Å². The molecule has 2 N–H and O–H groups in total. The number of amides is 1. The van der Waals surface area contributed by atoms with E-state index in [0.717, 1.165) is 45.1 Å². The highest BCUT2D eigenvalue weighted by Crippen LogP contribution is 2.29. The molecule has 0 aromatic carbocycles. The fraction of sp³-hybridized carbons (Fsp3) is 0.938. The van der Waals surface area contributed by atoms with Gasteiger partial charge in [0.05, 0.1) is 0 Å². The summed E-state index contributed by atoms with van der Waals surface area (Å²) in [5, 5.41) is 0. The highest BCUT2D eigenvalue weighted by Gasteiger charge is 2.37. The summed E-state index contributed by atoms with van der Waals surface area (Å²) >= 11 is 0. The van der Waals surface area contributed by atoms with Crippen LogP contribution in [0.2, 0.25) is 0 Å². The van der Waals surface area contributed by atoms with E-state index in [1.165, 1.54) is 19.3 Å². The first-order valence-electron chi connectivity index (χ1n) is 8.63. The number of carbonyl (C=O) groups is 1. The Morgan fingerprint density at radius 2 is 1.86 bits per heavy atom. The number of likely N-dealkylation sites (tertiary alicyclic amines) is 2. The molecule has 21 heavy (non-hydrogen) atoms. The standard InChI is InChI=1S/C16H30N4O/c1-18-13-4-5-14(18)12-20(9-6-13)15(11-17)10-16(21)19-7-2-3-8-19/h13-15H,2-12,17H2,1H3. The molecule has 0 aromatic heterocycles. The average molecular weight is 294 g/mol. The first-order chi connectivity index (χ1) is 10.2. The lowest BCUT2D eigenvalue weighted by Crippen LogP contribution is -2.47. The van der Waals surface area contributed by atoms with Crippen molar-refractivity contribution < 1.29 is 4.79 Å². The zero-order valence-corrected chi connectivity index (χ0v) is 13.3. The summed E-state index contributed by atoms with van der Waals surface area (Å²) in [6.07, 6.45) is 6.80. The van der Waals surface area contributed by atoms with Gasteiger partial charge in [-0.1, -0.05) is 0 Å². The second-order valence-corrected chi connectivity index (χ2v) is 7.02. The molecule has 3 rings (SSSR count). The van der Waals surface area contributed by atoms with E-state index in [2.05, 4.69) is 16.8 Å². The Balaban J connectivity index is 1.59. The lowest BCUT2D eigenvalue weighted by atomic mass is 10.0. The maximum atomic E-state index is 12.4. The van der Waals surface area contributed by atoms with Gasteiger partial charge in [0.15, 0.2) is 0 Å². The molecular weight excluding hydrogens is 264 g/mol. The Morgan fingerprint density at radius 3 is 2.57 bits per heavy atom. The van der Waals surface area contributed by atoms with Gasteiger partial charge < -0.3 is 10.6 Å². The molecule has 0 radical (unpaired) electrons. The van der Waals surface area contributed by atoms with E-state index >= 15 is 0 Å². The summed E-state index contributed by atoms with van der Waals surface area (Å²) in [4.78, 5) is 19.5. The molecule has 0 spiro atoms. The van der Waals surface area contributed by atoms with Crippen LogP contribution in [0.3, 0.4) is 0 Å². The number of likely N-dealkylation sites (N-methyl/N-ethyl adjacent to an activating group) is 1. The molecule has 0 aliphatic carbocycles. The molecule has 120 valence electrons. The van der Waals surface area contributed by atoms with E-state index in [1.54, 1.807) is 0 Å². The van der Waals surface area contributed by atoms with Crippen LogP contribution in [-0.2, 0) is 4.79 Å². The van der Waals surface area contributed by atoms with Crippen LogP contribution in [0.15, 0.2) is 0 Å². The van der Waals surface area contributed by atoms with Gasteiger partial charge in [-0.05, 0) is 39.2 Å². The molecular formula is C16H30N4O. The molecule has 3 atom stereocenters. The minimum absolute atomic E-state index is 0.228. The third-order valence-electron chi connectivity index (χ3n) is 5.84. The molecule has 2 bridgehead atoms. The highest BCUT2D eigenvalue weighted by molar-refractivity contribution is 5.77. The minimum Gasteiger partial charge on any atom is -0.343 e. The predicted molar refractivity (Wildman–Crippen MR) is 84.0 cm³/mol.